The number of rotatable bonds is 4. The molecule has 355 valence electrons. The summed E-state index contributed by atoms with van der Waals surface area (Å²) in [6.07, 6.45) is 0. The second-order valence-corrected chi connectivity index (χ2v) is 21.4. The fourth-order valence-corrected chi connectivity index (χ4v) is 9.31. The number of hydrogen-bond acceptors (Lipinski definition) is 6. The second-order valence-electron chi connectivity index (χ2n) is 21.4. The van der Waals surface area contributed by atoms with Gasteiger partial charge in [0.2, 0.25) is 0 Å². The second kappa shape index (κ2) is 17.4. The van der Waals surface area contributed by atoms with Crippen molar-refractivity contribution in [3.05, 3.63) is 166 Å². The number of halogens is 4. The predicted molar refractivity (Wildman–Crippen MR) is 262 cm³/mol. The van der Waals surface area contributed by atoms with Crippen LogP contribution in [0.2, 0.25) is 0 Å². The Bertz CT molecular complexity index is 3220. The average molecular weight is 977 g/mol. The van der Waals surface area contributed by atoms with E-state index in [4.69, 9.17) is 39.9 Å². The van der Waals surface area contributed by atoms with E-state index in [0.29, 0.717) is 44.5 Å². The molecule has 0 atom stereocenters. The summed E-state index contributed by atoms with van der Waals surface area (Å²) >= 11 is 0. The summed E-state index contributed by atoms with van der Waals surface area (Å²) in [5.74, 6) is -1.51. The Labute approximate surface area is 410 Å². The number of allylic oxidation sites excluding steroid dienone is 2. The molecule has 7 aromatic rings. The molecule has 5 heterocycles. The molecule has 4 aromatic carbocycles. The van der Waals surface area contributed by atoms with Crippen LogP contribution >= 0.6 is 0 Å². The minimum atomic E-state index is -0.747. The first kappa shape index (κ1) is 48.9. The molecule has 3 aromatic heterocycles. The number of nitrogens with zero attached hydrogens (tertiary/aromatic N) is 8. The van der Waals surface area contributed by atoms with E-state index in [2.05, 4.69) is 0 Å². The Morgan fingerprint density at radius 1 is 0.333 bits per heavy atom. The van der Waals surface area contributed by atoms with Gasteiger partial charge in [-0.15, -0.1) is 0 Å². The molecular formula is C56H52CuF4N8. The van der Waals surface area contributed by atoms with E-state index >= 15 is 17.6 Å². The Kier molecular flexibility index (Phi) is 12.4. The summed E-state index contributed by atoms with van der Waals surface area (Å²) < 4.78 is 65.6. The maximum absolute atomic E-state index is 16.4. The van der Waals surface area contributed by atoms with Crippen molar-refractivity contribution in [3.8, 4) is 22.3 Å². The van der Waals surface area contributed by atoms with Crippen molar-refractivity contribution in [2.24, 2.45) is 10.8 Å². The zero-order valence-electron chi connectivity index (χ0n) is 40.6. The third-order valence-corrected chi connectivity index (χ3v) is 12.1. The van der Waals surface area contributed by atoms with Crippen LogP contribution in [0.25, 0.3) is 67.1 Å². The quantitative estimate of drug-likeness (QED) is 0.127. The van der Waals surface area contributed by atoms with Crippen molar-refractivity contribution < 1.29 is 34.6 Å². The van der Waals surface area contributed by atoms with Crippen LogP contribution in [0.1, 0.15) is 129 Å². The molecule has 0 saturated carbocycles. The molecule has 2 aliphatic heterocycles. The summed E-state index contributed by atoms with van der Waals surface area (Å²) in [6.45, 7) is 23.7. The van der Waals surface area contributed by atoms with Gasteiger partial charge >= 0.3 is 17.1 Å². The molecule has 13 heteroatoms. The molecule has 0 amide bonds. The monoisotopic (exact) mass is 975 g/mol. The molecule has 0 aliphatic carbocycles. The first-order valence-electron chi connectivity index (χ1n) is 22.6. The van der Waals surface area contributed by atoms with Gasteiger partial charge in [-0.2, -0.15) is 0 Å². The number of benzene rings is 4. The van der Waals surface area contributed by atoms with Crippen LogP contribution in [0.15, 0.2) is 97.1 Å². The third kappa shape index (κ3) is 8.76. The van der Waals surface area contributed by atoms with E-state index in [0.717, 1.165) is 0 Å². The van der Waals surface area contributed by atoms with E-state index in [1.165, 1.54) is 24.3 Å². The van der Waals surface area contributed by atoms with Gasteiger partial charge in [0.1, 0.15) is 23.3 Å². The topological polar surface area (TPSA) is 106 Å². The molecule has 8 nitrogen and oxygen atoms in total. The first-order valence-corrected chi connectivity index (χ1v) is 22.6. The van der Waals surface area contributed by atoms with Crippen molar-refractivity contribution >= 4 is 44.9 Å². The van der Waals surface area contributed by atoms with Crippen molar-refractivity contribution in [1.29, 1.82) is 0 Å². The Morgan fingerprint density at radius 3 is 0.884 bits per heavy atom. The van der Waals surface area contributed by atoms with Crippen LogP contribution < -0.4 is 9.97 Å². The number of fused-ring (bicyclic) bond motifs is 8. The molecule has 0 saturated heterocycles. The minimum Gasteiger partial charge on any atom is -0.357 e. The van der Waals surface area contributed by atoms with Gasteiger partial charge in [-0.25, -0.2) is 27.5 Å². The zero-order chi connectivity index (χ0) is 48.8. The summed E-state index contributed by atoms with van der Waals surface area (Å²) in [5.41, 5.74) is 2.15. The van der Waals surface area contributed by atoms with Crippen LogP contribution in [0.4, 0.5) is 17.6 Å². The third-order valence-electron chi connectivity index (χ3n) is 12.1. The van der Waals surface area contributed by atoms with Crippen molar-refractivity contribution in [2.75, 3.05) is 0 Å². The van der Waals surface area contributed by atoms with Gasteiger partial charge in [0, 0.05) is 67.1 Å². The fraction of sp³-hybridized carbons (Fsp3) is 0.286. The Hall–Kier alpha value is -6.56. The van der Waals surface area contributed by atoms with E-state index in [9.17, 15) is 0 Å². The summed E-state index contributed by atoms with van der Waals surface area (Å²) in [7, 11) is 0. The normalized spacial score (nSPS) is 13.6. The van der Waals surface area contributed by atoms with Gasteiger partial charge in [0.15, 0.2) is 0 Å². The predicted octanol–water partition coefficient (Wildman–Crippen LogP) is 13.6. The zero-order valence-corrected chi connectivity index (χ0v) is 41.6. The van der Waals surface area contributed by atoms with Gasteiger partial charge in [-0.3, -0.25) is 0 Å². The summed E-state index contributed by atoms with van der Waals surface area (Å²) in [5, 5.41) is 0. The van der Waals surface area contributed by atoms with Gasteiger partial charge in [-0.05, 0) is 68.2 Å². The van der Waals surface area contributed by atoms with Gasteiger partial charge in [0.25, 0.3) is 0 Å². The molecular weight excluding hydrogens is 924 g/mol. The molecule has 69 heavy (non-hydrogen) atoms. The van der Waals surface area contributed by atoms with Crippen LogP contribution in [0.3, 0.4) is 0 Å². The van der Waals surface area contributed by atoms with E-state index in [-0.39, 0.29) is 85.2 Å². The molecule has 0 fully saturated rings. The molecule has 1 radical (unpaired) electrons. The molecule has 0 N–H and O–H groups in total. The maximum atomic E-state index is 16.4. The molecule has 8 bridgehead atoms. The summed E-state index contributed by atoms with van der Waals surface area (Å²) in [4.78, 5) is 41.5. The summed E-state index contributed by atoms with van der Waals surface area (Å²) in [6, 6.07) is 25.6. The number of hydrogen-bond donors (Lipinski definition) is 0. The first-order chi connectivity index (χ1) is 31.9. The van der Waals surface area contributed by atoms with E-state index < -0.39 is 44.9 Å². The van der Waals surface area contributed by atoms with Crippen LogP contribution in [-0.4, -0.2) is 29.9 Å². The Balaban J connectivity index is 0.00000642. The van der Waals surface area contributed by atoms with Crippen LogP contribution in [-0.2, 0) is 27.9 Å². The molecule has 9 rings (SSSR count). The van der Waals surface area contributed by atoms with Gasteiger partial charge in [0.05, 0.1) is 23.3 Å². The average Bonchev–Trinajstić information content (AvgIpc) is 3.99. The van der Waals surface area contributed by atoms with E-state index in [1.807, 2.05) is 83.1 Å². The van der Waals surface area contributed by atoms with E-state index in [1.54, 1.807) is 72.8 Å². The van der Waals surface area contributed by atoms with Crippen molar-refractivity contribution in [3.63, 3.8) is 0 Å². The van der Waals surface area contributed by atoms with Gasteiger partial charge < -0.3 is 29.9 Å². The molecule has 0 spiro atoms. The SMILES string of the molecule is CC(C)(C)C1=C(c2ccccc2F)c2nc1nc1[n-]c(nc3nc(nc4[n-]c(n2)c(C(C)(C)C)c4-c2ccccc2F)C(C(C)(C)C)=C3c2ccccc2F)c(C(C)(C)C)c1-c1ccccc1F.[Cu+2]. The van der Waals surface area contributed by atoms with Gasteiger partial charge in [-0.1, -0.05) is 156 Å². The Morgan fingerprint density at radius 2 is 0.609 bits per heavy atom. The number of aromatic nitrogens is 8. The molecule has 0 unspecified atom stereocenters. The fourth-order valence-electron chi connectivity index (χ4n) is 9.31. The van der Waals surface area contributed by atoms with Crippen LogP contribution in [0.5, 0.6) is 0 Å². The minimum absolute atomic E-state index is 0. The molecule has 2 aliphatic rings. The standard InChI is InChI=1S/C56H52F4N8.Cu/c1-53(2,3)41-37(29-21-13-17-25-33(29)57)45-61-49(41)65-46-38(30-22-14-18-26-34(30)58)42(54(4,5)6)51(62-46)67-48-40(32-24-16-20-28-36(32)60)44(56(10,11)12)52(64-48)68-47-39(31-23-15-19-27-35(31)59)43(55(7,8)9)50(63-47)66-45;/h13-28H,1-12H3;/q-2;+2. The van der Waals surface area contributed by atoms with Crippen molar-refractivity contribution in [2.45, 2.75) is 93.9 Å². The van der Waals surface area contributed by atoms with Crippen molar-refractivity contribution in [1.82, 2.24) is 39.9 Å². The maximum Gasteiger partial charge on any atom is 2.00 e. The van der Waals surface area contributed by atoms with Crippen LogP contribution in [0, 0.1) is 34.1 Å². The smallest absolute Gasteiger partial charge is 0.357 e. The largest absolute Gasteiger partial charge is 2.00 e.